The third kappa shape index (κ3) is 2.52. The first kappa shape index (κ1) is 16.1. The molecule has 8 heteroatoms. The maximum atomic E-state index is 8.86. The van der Waals surface area contributed by atoms with Crippen molar-refractivity contribution in [2.45, 2.75) is 0 Å². The Labute approximate surface area is 133 Å². The summed E-state index contributed by atoms with van der Waals surface area (Å²) in [4.78, 5) is 0. The highest BCUT2D eigenvalue weighted by atomic mass is 35.5. The van der Waals surface area contributed by atoms with Crippen molar-refractivity contribution in [1.29, 1.82) is 21.0 Å². The maximum Gasteiger partial charge on any atom is 0.139 e. The highest BCUT2D eigenvalue weighted by Crippen LogP contribution is 2.24. The van der Waals surface area contributed by atoms with Gasteiger partial charge in [-0.05, 0) is 0 Å². The zero-order chi connectivity index (χ0) is 15.4. The summed E-state index contributed by atoms with van der Waals surface area (Å²) in [5, 5.41) is 34.3. The molecule has 0 aliphatic heterocycles. The SMILES string of the molecule is N#CC(C#N)=c1c(Cl)c(Cl)c(=C(C#N)C#N)c(Cl)c1Cl. The number of nitriles is 4. The van der Waals surface area contributed by atoms with Gasteiger partial charge in [0.05, 0.1) is 20.1 Å². The molecule has 0 amide bonds. The van der Waals surface area contributed by atoms with Crippen LogP contribution in [0.4, 0.5) is 0 Å². The van der Waals surface area contributed by atoms with E-state index in [9.17, 15) is 0 Å². The molecule has 0 bridgehead atoms. The van der Waals surface area contributed by atoms with Gasteiger partial charge in [-0.1, -0.05) is 46.4 Å². The van der Waals surface area contributed by atoms with E-state index in [1.165, 1.54) is 0 Å². The van der Waals surface area contributed by atoms with E-state index in [0.717, 1.165) is 0 Å². The average Bonchev–Trinajstić information content (AvgIpc) is 2.46. The third-order valence-electron chi connectivity index (χ3n) is 2.21. The van der Waals surface area contributed by atoms with E-state index in [1.54, 1.807) is 24.3 Å². The summed E-state index contributed by atoms with van der Waals surface area (Å²) in [7, 11) is 0. The van der Waals surface area contributed by atoms with E-state index in [0.29, 0.717) is 0 Å². The lowest BCUT2D eigenvalue weighted by Crippen LogP contribution is -2.20. The maximum absolute atomic E-state index is 8.86. The van der Waals surface area contributed by atoms with E-state index in [-0.39, 0.29) is 41.7 Å². The lowest BCUT2D eigenvalue weighted by molar-refractivity contribution is 1.46. The van der Waals surface area contributed by atoms with E-state index in [1.807, 2.05) is 0 Å². The van der Waals surface area contributed by atoms with Crippen LogP contribution in [-0.2, 0) is 0 Å². The van der Waals surface area contributed by atoms with Crippen molar-refractivity contribution >= 4 is 57.5 Å². The van der Waals surface area contributed by atoms with Crippen LogP contribution in [0.15, 0.2) is 0 Å². The summed E-state index contributed by atoms with van der Waals surface area (Å²) >= 11 is 23.8. The summed E-state index contributed by atoms with van der Waals surface area (Å²) < 4.78 is 0. The number of nitrogens with zero attached hydrogens (tertiary/aromatic N) is 4. The standard InChI is InChI=1S/C12Cl4N4/c13-9-7(5(1-17)2-18)10(14)12(16)8(11(9)15)6(3-19)4-20. The summed E-state index contributed by atoms with van der Waals surface area (Å²) in [6.07, 6.45) is 0. The van der Waals surface area contributed by atoms with E-state index < -0.39 is 0 Å². The second-order valence-electron chi connectivity index (χ2n) is 3.20. The quantitative estimate of drug-likeness (QED) is 0.678. The van der Waals surface area contributed by atoms with Crippen LogP contribution in [0.2, 0.25) is 20.1 Å². The zero-order valence-electron chi connectivity index (χ0n) is 9.30. The Balaban J connectivity index is 4.35. The molecule has 1 rings (SSSR count). The zero-order valence-corrected chi connectivity index (χ0v) is 12.3. The molecule has 96 valence electrons. The molecule has 20 heavy (non-hydrogen) atoms. The molecule has 0 aliphatic rings. The smallest absolute Gasteiger partial charge is 0.139 e. The second-order valence-corrected chi connectivity index (χ2v) is 4.72. The number of rotatable bonds is 0. The molecule has 0 saturated carbocycles. The van der Waals surface area contributed by atoms with Gasteiger partial charge in [0.1, 0.15) is 35.4 Å². The summed E-state index contributed by atoms with van der Waals surface area (Å²) in [5.74, 6) is 0. The normalized spacial score (nSPS) is 8.80. The Morgan fingerprint density at radius 2 is 0.750 bits per heavy atom. The predicted octanol–water partition coefficient (Wildman–Crippen LogP) is 2.70. The average molecular weight is 342 g/mol. The number of halogens is 4. The Kier molecular flexibility index (Phi) is 5.24. The van der Waals surface area contributed by atoms with Crippen LogP contribution in [0.3, 0.4) is 0 Å². The molecule has 4 nitrogen and oxygen atoms in total. The molecular formula is C12Cl4N4. The number of hydrogen-bond acceptors (Lipinski definition) is 4. The fourth-order valence-electron chi connectivity index (χ4n) is 1.34. The van der Waals surface area contributed by atoms with Crippen LogP contribution in [-0.4, -0.2) is 0 Å². The van der Waals surface area contributed by atoms with Gasteiger partial charge in [-0.2, -0.15) is 21.0 Å². The first-order valence-electron chi connectivity index (χ1n) is 4.65. The second kappa shape index (κ2) is 6.49. The highest BCUT2D eigenvalue weighted by molar-refractivity contribution is 6.47. The molecule has 0 aromatic heterocycles. The molecule has 0 N–H and O–H groups in total. The first-order valence-corrected chi connectivity index (χ1v) is 6.16. The molecule has 0 aliphatic carbocycles. The van der Waals surface area contributed by atoms with Crippen molar-refractivity contribution in [2.24, 2.45) is 0 Å². The van der Waals surface area contributed by atoms with Crippen LogP contribution in [0.5, 0.6) is 0 Å². The van der Waals surface area contributed by atoms with E-state index in [2.05, 4.69) is 0 Å². The van der Waals surface area contributed by atoms with Gasteiger partial charge in [-0.3, -0.25) is 0 Å². The molecule has 0 unspecified atom stereocenters. The van der Waals surface area contributed by atoms with Crippen LogP contribution in [0.25, 0.3) is 11.1 Å². The van der Waals surface area contributed by atoms with E-state index in [4.69, 9.17) is 67.5 Å². The first-order chi connectivity index (χ1) is 9.44. The van der Waals surface area contributed by atoms with E-state index >= 15 is 0 Å². The monoisotopic (exact) mass is 340 g/mol. The Hall–Kier alpha value is -1.92. The lowest BCUT2D eigenvalue weighted by Gasteiger charge is -2.05. The van der Waals surface area contributed by atoms with Crippen molar-refractivity contribution in [3.8, 4) is 24.3 Å². The van der Waals surface area contributed by atoms with Gasteiger partial charge in [0.25, 0.3) is 0 Å². The predicted molar refractivity (Wildman–Crippen MR) is 75.0 cm³/mol. The van der Waals surface area contributed by atoms with Crippen molar-refractivity contribution in [3.63, 3.8) is 0 Å². The Morgan fingerprint density at radius 3 is 0.900 bits per heavy atom. The molecule has 0 spiro atoms. The van der Waals surface area contributed by atoms with Gasteiger partial charge in [0.15, 0.2) is 0 Å². The van der Waals surface area contributed by atoms with Crippen LogP contribution in [0, 0.1) is 45.3 Å². The van der Waals surface area contributed by atoms with Crippen LogP contribution < -0.4 is 10.4 Å². The highest BCUT2D eigenvalue weighted by Gasteiger charge is 2.17. The summed E-state index contributed by atoms with van der Waals surface area (Å²) in [5.41, 5.74) is -0.767. The van der Waals surface area contributed by atoms with Gasteiger partial charge in [-0.25, -0.2) is 0 Å². The number of hydrogen-bond donors (Lipinski definition) is 0. The summed E-state index contributed by atoms with van der Waals surface area (Å²) in [6.45, 7) is 0. The van der Waals surface area contributed by atoms with Crippen molar-refractivity contribution in [1.82, 2.24) is 0 Å². The molecule has 1 aromatic carbocycles. The van der Waals surface area contributed by atoms with Gasteiger partial charge in [0, 0.05) is 10.4 Å². The van der Waals surface area contributed by atoms with Crippen molar-refractivity contribution in [3.05, 3.63) is 30.5 Å². The summed E-state index contributed by atoms with van der Waals surface area (Å²) in [6, 6.07) is 6.45. The molecule has 0 radical (unpaired) electrons. The molecule has 0 fully saturated rings. The Morgan fingerprint density at radius 1 is 0.550 bits per heavy atom. The third-order valence-corrected chi connectivity index (χ3v) is 3.92. The van der Waals surface area contributed by atoms with Crippen LogP contribution in [0.1, 0.15) is 0 Å². The van der Waals surface area contributed by atoms with Gasteiger partial charge < -0.3 is 0 Å². The van der Waals surface area contributed by atoms with Crippen LogP contribution >= 0.6 is 46.4 Å². The van der Waals surface area contributed by atoms with Crippen molar-refractivity contribution < 1.29 is 0 Å². The van der Waals surface area contributed by atoms with Gasteiger partial charge in [0.2, 0.25) is 0 Å². The lowest BCUT2D eigenvalue weighted by atomic mass is 10.1. The molecule has 0 heterocycles. The topological polar surface area (TPSA) is 95.2 Å². The molecule has 0 atom stereocenters. The minimum Gasteiger partial charge on any atom is -0.192 e. The van der Waals surface area contributed by atoms with Gasteiger partial charge in [-0.15, -0.1) is 0 Å². The molecule has 1 aromatic rings. The minimum atomic E-state index is -0.384. The fourth-order valence-corrected chi connectivity index (χ4v) is 2.57. The Bertz CT molecular complexity index is 746. The fraction of sp³-hybridized carbons (Fsp3) is 0. The minimum absolute atomic E-state index is 0.132. The largest absolute Gasteiger partial charge is 0.192 e. The molecule has 0 saturated heterocycles. The molecular weight excluding hydrogens is 342 g/mol. The number of benzene rings is 1. The van der Waals surface area contributed by atoms with Crippen molar-refractivity contribution in [2.75, 3.05) is 0 Å². The van der Waals surface area contributed by atoms with Gasteiger partial charge >= 0.3 is 0 Å².